The van der Waals surface area contributed by atoms with Crippen LogP contribution in [-0.4, -0.2) is 53.8 Å². The van der Waals surface area contributed by atoms with Crippen LogP contribution in [0.2, 0.25) is 0 Å². The van der Waals surface area contributed by atoms with Crippen molar-refractivity contribution < 1.29 is 34.1 Å². The first kappa shape index (κ1) is 31.4. The van der Waals surface area contributed by atoms with Gasteiger partial charge in [-0.1, -0.05) is 36.4 Å². The van der Waals surface area contributed by atoms with E-state index in [4.69, 9.17) is 14.6 Å². The number of esters is 2. The summed E-state index contributed by atoms with van der Waals surface area (Å²) in [6, 6.07) is 25.7. The highest BCUT2D eigenvalue weighted by Gasteiger charge is 2.26. The Morgan fingerprint density at radius 1 is 0.787 bits per heavy atom. The number of fused-ring (bicyclic) bond motifs is 2. The summed E-state index contributed by atoms with van der Waals surface area (Å²) < 4.78 is 13.7. The van der Waals surface area contributed by atoms with Crippen molar-refractivity contribution in [3.05, 3.63) is 108 Å². The van der Waals surface area contributed by atoms with Crippen molar-refractivity contribution in [2.45, 2.75) is 13.8 Å². The van der Waals surface area contributed by atoms with Crippen molar-refractivity contribution >= 4 is 39.7 Å². The number of aromatic carboxylic acids is 1. The van der Waals surface area contributed by atoms with Crippen molar-refractivity contribution in [1.29, 1.82) is 10.5 Å². The number of rotatable bonds is 6. The van der Waals surface area contributed by atoms with E-state index in [-0.39, 0.29) is 34.8 Å². The van der Waals surface area contributed by atoms with E-state index in [0.717, 1.165) is 11.4 Å². The molecule has 0 atom stereocenters. The van der Waals surface area contributed by atoms with E-state index < -0.39 is 29.4 Å². The van der Waals surface area contributed by atoms with Crippen molar-refractivity contribution in [3.63, 3.8) is 0 Å². The van der Waals surface area contributed by atoms with Gasteiger partial charge in [0.15, 0.2) is 34.3 Å². The molecule has 13 nitrogen and oxygen atoms in total. The summed E-state index contributed by atoms with van der Waals surface area (Å²) in [6.45, 7) is 3.01. The predicted octanol–water partition coefficient (Wildman–Crippen LogP) is 5.30. The summed E-state index contributed by atoms with van der Waals surface area (Å²) in [5.41, 5.74) is 1.68. The topological polar surface area (TPSA) is 193 Å². The van der Waals surface area contributed by atoms with Gasteiger partial charge in [-0.15, -0.1) is 0 Å². The van der Waals surface area contributed by atoms with Gasteiger partial charge in [0, 0.05) is 41.5 Å². The van der Waals surface area contributed by atoms with Crippen molar-refractivity contribution in [1.82, 2.24) is 19.1 Å². The van der Waals surface area contributed by atoms with Gasteiger partial charge in [-0.3, -0.25) is 4.79 Å². The van der Waals surface area contributed by atoms with E-state index in [1.807, 2.05) is 72.8 Å². The molecule has 0 saturated heterocycles. The molecule has 4 aromatic heterocycles. The third-order valence-corrected chi connectivity index (χ3v) is 6.81. The molecule has 0 spiro atoms. The van der Waals surface area contributed by atoms with Crippen LogP contribution in [0.25, 0.3) is 33.2 Å². The lowest BCUT2D eigenvalue weighted by molar-refractivity contribution is -0.131. The standard InChI is InChI=1S/C19H15N3O4.C15H9N3O3/c1-3-25-19(24)16-18(26-12(2)23)14-9-10-22(13-7-5-4-6-8-13)17(14)15(11-20)21-16;16-8-11-13-10(14(19)12(17-11)15(20)21)6-7-18(13)9-4-2-1-3-5-9/h4-10H,3H2,1-2H3;1-7,19H,(H,20,21). The second-order valence-corrected chi connectivity index (χ2v) is 9.71. The number of carboxylic acid groups (broad SMARTS) is 1. The van der Waals surface area contributed by atoms with Gasteiger partial charge in [0.05, 0.1) is 17.6 Å². The van der Waals surface area contributed by atoms with E-state index in [0.29, 0.717) is 16.4 Å². The second-order valence-electron chi connectivity index (χ2n) is 9.71. The van der Waals surface area contributed by atoms with E-state index in [2.05, 4.69) is 9.97 Å². The Bertz CT molecular complexity index is 2240. The summed E-state index contributed by atoms with van der Waals surface area (Å²) in [5.74, 6) is -3.19. The zero-order valence-electron chi connectivity index (χ0n) is 24.9. The normalized spacial score (nSPS) is 10.4. The van der Waals surface area contributed by atoms with Crippen LogP contribution in [-0.2, 0) is 9.53 Å². The fourth-order valence-electron chi connectivity index (χ4n) is 4.91. The lowest BCUT2D eigenvalue weighted by Crippen LogP contribution is -2.14. The molecule has 0 radical (unpaired) electrons. The van der Waals surface area contributed by atoms with E-state index in [1.165, 1.54) is 6.92 Å². The fourth-order valence-corrected chi connectivity index (χ4v) is 4.91. The number of aromatic hydroxyl groups is 1. The molecule has 4 heterocycles. The Kier molecular flexibility index (Phi) is 8.92. The monoisotopic (exact) mass is 628 g/mol. The maximum Gasteiger partial charge on any atom is 0.360 e. The first-order chi connectivity index (χ1) is 22.7. The number of nitriles is 2. The molecule has 0 saturated carbocycles. The average Bonchev–Trinajstić information content (AvgIpc) is 3.73. The molecule has 2 N–H and O–H groups in total. The van der Waals surface area contributed by atoms with Crippen LogP contribution >= 0.6 is 0 Å². The highest BCUT2D eigenvalue weighted by molar-refractivity contribution is 6.02. The van der Waals surface area contributed by atoms with Crippen LogP contribution in [0.3, 0.4) is 0 Å². The van der Waals surface area contributed by atoms with Crippen LogP contribution in [0.4, 0.5) is 0 Å². The number of nitrogens with zero attached hydrogens (tertiary/aromatic N) is 6. The smallest absolute Gasteiger partial charge is 0.360 e. The molecule has 0 fully saturated rings. The number of aromatic nitrogens is 4. The van der Waals surface area contributed by atoms with Gasteiger partial charge in [-0.25, -0.2) is 19.6 Å². The lowest BCUT2D eigenvalue weighted by Gasteiger charge is -2.12. The zero-order chi connectivity index (χ0) is 33.7. The Hall–Kier alpha value is -6.99. The van der Waals surface area contributed by atoms with Crippen LogP contribution in [0.1, 0.15) is 46.2 Å². The van der Waals surface area contributed by atoms with Gasteiger partial charge < -0.3 is 28.8 Å². The number of benzene rings is 2. The van der Waals surface area contributed by atoms with E-state index >= 15 is 0 Å². The Balaban J connectivity index is 0.000000189. The number of para-hydroxylation sites is 2. The summed E-state index contributed by atoms with van der Waals surface area (Å²) >= 11 is 0. The molecule has 0 aliphatic rings. The van der Waals surface area contributed by atoms with Gasteiger partial charge in [-0.05, 0) is 43.3 Å². The minimum absolute atomic E-state index is 0.0142. The Morgan fingerprint density at radius 2 is 1.28 bits per heavy atom. The summed E-state index contributed by atoms with van der Waals surface area (Å²) in [7, 11) is 0. The molecular weight excluding hydrogens is 604 g/mol. The summed E-state index contributed by atoms with van der Waals surface area (Å²) in [4.78, 5) is 42.7. The molecule has 0 unspecified atom stereocenters. The molecule has 0 aliphatic carbocycles. The SMILES string of the molecule is CCOC(=O)c1nc(C#N)c2c(ccn2-c2ccccc2)c1OC(C)=O.N#Cc1nc(C(=O)O)c(O)c2ccn(-c3ccccc3)c12. The number of carbonyl (C=O) groups is 3. The largest absolute Gasteiger partial charge is 0.505 e. The third-order valence-electron chi connectivity index (χ3n) is 6.81. The fraction of sp³-hybridized carbons (Fsp3) is 0.0882. The number of pyridine rings is 2. The van der Waals surface area contributed by atoms with Crippen molar-refractivity contribution in [3.8, 4) is 35.0 Å². The molecule has 0 aliphatic heterocycles. The maximum absolute atomic E-state index is 12.2. The highest BCUT2D eigenvalue weighted by atomic mass is 16.5. The minimum atomic E-state index is -1.38. The first-order valence-electron chi connectivity index (χ1n) is 14.0. The number of carboxylic acids is 1. The van der Waals surface area contributed by atoms with Gasteiger partial charge in [0.2, 0.25) is 0 Å². The molecule has 6 rings (SSSR count). The maximum atomic E-state index is 12.2. The molecule has 6 aromatic rings. The molecular formula is C34H24N6O7. The highest BCUT2D eigenvalue weighted by Crippen LogP contribution is 2.34. The molecule has 0 bridgehead atoms. The zero-order valence-corrected chi connectivity index (χ0v) is 24.9. The predicted molar refractivity (Wildman–Crippen MR) is 167 cm³/mol. The Labute approximate surface area is 266 Å². The van der Waals surface area contributed by atoms with Gasteiger partial charge in [0.25, 0.3) is 0 Å². The number of carbonyl (C=O) groups excluding carboxylic acids is 2. The van der Waals surface area contributed by atoms with Crippen LogP contribution in [0, 0.1) is 22.7 Å². The lowest BCUT2D eigenvalue weighted by atomic mass is 10.2. The van der Waals surface area contributed by atoms with Gasteiger partial charge >= 0.3 is 17.9 Å². The van der Waals surface area contributed by atoms with Crippen LogP contribution in [0.15, 0.2) is 85.2 Å². The molecule has 232 valence electrons. The van der Waals surface area contributed by atoms with Gasteiger partial charge in [-0.2, -0.15) is 10.5 Å². The number of ether oxygens (including phenoxy) is 2. The average molecular weight is 629 g/mol. The Morgan fingerprint density at radius 3 is 1.74 bits per heavy atom. The molecule has 0 amide bonds. The van der Waals surface area contributed by atoms with Crippen LogP contribution in [0.5, 0.6) is 11.5 Å². The first-order valence-corrected chi connectivity index (χ1v) is 14.0. The molecule has 13 heteroatoms. The van der Waals surface area contributed by atoms with Crippen molar-refractivity contribution in [2.24, 2.45) is 0 Å². The molecule has 47 heavy (non-hydrogen) atoms. The number of hydrogen-bond donors (Lipinski definition) is 2. The number of hydrogen-bond acceptors (Lipinski definition) is 10. The second kappa shape index (κ2) is 13.3. The quantitative estimate of drug-likeness (QED) is 0.227. The van der Waals surface area contributed by atoms with Gasteiger partial charge in [0.1, 0.15) is 12.1 Å². The van der Waals surface area contributed by atoms with Crippen LogP contribution < -0.4 is 4.74 Å². The van der Waals surface area contributed by atoms with E-state index in [1.54, 1.807) is 40.6 Å². The summed E-state index contributed by atoms with van der Waals surface area (Å²) in [6.07, 6.45) is 3.39. The molecule has 2 aromatic carbocycles. The van der Waals surface area contributed by atoms with E-state index in [9.17, 15) is 30.0 Å². The van der Waals surface area contributed by atoms with Crippen molar-refractivity contribution in [2.75, 3.05) is 6.61 Å². The summed E-state index contributed by atoms with van der Waals surface area (Å²) in [5, 5.41) is 38.5. The minimum Gasteiger partial charge on any atom is -0.505 e. The third kappa shape index (κ3) is 6.05.